The standard InChI is InChI=1S/C17H17FN2O5S/c1-20-7-8-25-14-6-4-12(10-13(14)17(20)21)19-26(22,23)16-9-11(18)3-5-15(16)24-2/h3-6,9-10,19H,7-8H2,1-2H3. The summed E-state index contributed by atoms with van der Waals surface area (Å²) in [7, 11) is -1.20. The lowest BCUT2D eigenvalue weighted by Gasteiger charge is -2.14. The zero-order valence-electron chi connectivity index (χ0n) is 14.2. The number of carbonyl (C=O) groups excluding carboxylic acids is 1. The molecule has 2 aromatic carbocycles. The van der Waals surface area contributed by atoms with Gasteiger partial charge in [-0.15, -0.1) is 0 Å². The second kappa shape index (κ2) is 6.83. The summed E-state index contributed by atoms with van der Waals surface area (Å²) >= 11 is 0. The average Bonchev–Trinajstić information content (AvgIpc) is 2.74. The molecule has 2 aromatic rings. The topological polar surface area (TPSA) is 84.9 Å². The molecule has 9 heteroatoms. The number of fused-ring (bicyclic) bond motifs is 1. The molecule has 1 N–H and O–H groups in total. The van der Waals surface area contributed by atoms with Crippen LogP contribution in [0.3, 0.4) is 0 Å². The van der Waals surface area contributed by atoms with Gasteiger partial charge in [0, 0.05) is 12.7 Å². The highest BCUT2D eigenvalue weighted by Crippen LogP contribution is 2.30. The van der Waals surface area contributed by atoms with Gasteiger partial charge in [-0.2, -0.15) is 0 Å². The number of anilines is 1. The van der Waals surface area contributed by atoms with Crippen LogP contribution in [0, 0.1) is 5.82 Å². The SMILES string of the molecule is COc1ccc(F)cc1S(=O)(=O)Nc1ccc2c(c1)C(=O)N(C)CCO2. The van der Waals surface area contributed by atoms with E-state index >= 15 is 0 Å². The van der Waals surface area contributed by atoms with E-state index in [-0.39, 0.29) is 27.8 Å². The van der Waals surface area contributed by atoms with Crippen molar-refractivity contribution in [2.45, 2.75) is 4.90 Å². The van der Waals surface area contributed by atoms with Crippen LogP contribution < -0.4 is 14.2 Å². The Morgan fingerprint density at radius 3 is 2.73 bits per heavy atom. The van der Waals surface area contributed by atoms with E-state index in [1.807, 2.05) is 0 Å². The van der Waals surface area contributed by atoms with E-state index in [2.05, 4.69) is 4.72 Å². The van der Waals surface area contributed by atoms with Gasteiger partial charge in [0.2, 0.25) is 0 Å². The predicted octanol–water partition coefficient (Wildman–Crippen LogP) is 2.10. The van der Waals surface area contributed by atoms with Gasteiger partial charge < -0.3 is 14.4 Å². The van der Waals surface area contributed by atoms with E-state index in [1.165, 1.54) is 36.3 Å². The Balaban J connectivity index is 1.98. The highest BCUT2D eigenvalue weighted by Gasteiger charge is 2.24. The molecule has 1 heterocycles. The lowest BCUT2D eigenvalue weighted by atomic mass is 10.1. The van der Waals surface area contributed by atoms with E-state index in [9.17, 15) is 17.6 Å². The Hall–Kier alpha value is -2.81. The molecule has 0 aliphatic carbocycles. The van der Waals surface area contributed by atoms with Crippen molar-refractivity contribution in [3.05, 3.63) is 47.8 Å². The summed E-state index contributed by atoms with van der Waals surface area (Å²) in [6, 6.07) is 7.59. The number of amides is 1. The summed E-state index contributed by atoms with van der Waals surface area (Å²) in [4.78, 5) is 13.5. The summed E-state index contributed by atoms with van der Waals surface area (Å²) in [5.41, 5.74) is 0.402. The molecule has 7 nitrogen and oxygen atoms in total. The van der Waals surface area contributed by atoms with Crippen LogP contribution >= 0.6 is 0 Å². The second-order valence-corrected chi connectivity index (χ2v) is 7.34. The number of carbonyl (C=O) groups is 1. The van der Waals surface area contributed by atoms with Crippen LogP contribution in [0.15, 0.2) is 41.3 Å². The first-order valence-electron chi connectivity index (χ1n) is 7.70. The molecule has 0 atom stereocenters. The van der Waals surface area contributed by atoms with Crippen LogP contribution in [-0.4, -0.2) is 46.5 Å². The highest BCUT2D eigenvalue weighted by molar-refractivity contribution is 7.92. The largest absolute Gasteiger partial charge is 0.495 e. The van der Waals surface area contributed by atoms with Gasteiger partial charge >= 0.3 is 0 Å². The molecule has 3 rings (SSSR count). The molecule has 138 valence electrons. The summed E-state index contributed by atoms with van der Waals surface area (Å²) in [6.45, 7) is 0.774. The minimum absolute atomic E-state index is 0.00723. The molecule has 1 amide bonds. The predicted molar refractivity (Wildman–Crippen MR) is 92.7 cm³/mol. The van der Waals surface area contributed by atoms with Gasteiger partial charge in [0.15, 0.2) is 0 Å². The van der Waals surface area contributed by atoms with Crippen molar-refractivity contribution in [3.8, 4) is 11.5 Å². The molecular weight excluding hydrogens is 363 g/mol. The Labute approximate surface area is 150 Å². The minimum atomic E-state index is -4.13. The van der Waals surface area contributed by atoms with Crippen molar-refractivity contribution >= 4 is 21.6 Å². The molecule has 0 saturated carbocycles. The molecule has 0 bridgehead atoms. The van der Waals surface area contributed by atoms with Gasteiger partial charge in [-0.05, 0) is 36.4 Å². The Kier molecular flexibility index (Phi) is 4.73. The van der Waals surface area contributed by atoms with Crippen molar-refractivity contribution in [1.82, 2.24) is 4.90 Å². The number of sulfonamides is 1. The minimum Gasteiger partial charge on any atom is -0.495 e. The zero-order valence-corrected chi connectivity index (χ0v) is 15.0. The molecular formula is C17H17FN2O5S. The number of nitrogens with one attached hydrogen (secondary N) is 1. The number of rotatable bonds is 4. The molecule has 1 aliphatic heterocycles. The number of nitrogens with zero attached hydrogens (tertiary/aromatic N) is 1. The number of hydrogen-bond donors (Lipinski definition) is 1. The molecule has 0 radical (unpaired) electrons. The number of likely N-dealkylation sites (N-methyl/N-ethyl adjacent to an activating group) is 1. The number of benzene rings is 2. The van der Waals surface area contributed by atoms with Crippen molar-refractivity contribution < 1.29 is 27.1 Å². The zero-order chi connectivity index (χ0) is 18.9. The lowest BCUT2D eigenvalue weighted by molar-refractivity contribution is 0.0796. The summed E-state index contributed by atoms with van der Waals surface area (Å²) in [6.07, 6.45) is 0. The van der Waals surface area contributed by atoms with Crippen LogP contribution in [0.25, 0.3) is 0 Å². The first-order valence-corrected chi connectivity index (χ1v) is 9.19. The van der Waals surface area contributed by atoms with Gasteiger partial charge in [-0.25, -0.2) is 12.8 Å². The first-order chi connectivity index (χ1) is 12.3. The van der Waals surface area contributed by atoms with Gasteiger partial charge in [0.25, 0.3) is 15.9 Å². The van der Waals surface area contributed by atoms with E-state index in [0.29, 0.717) is 18.9 Å². The fourth-order valence-corrected chi connectivity index (χ4v) is 3.79. The average molecular weight is 380 g/mol. The van der Waals surface area contributed by atoms with Crippen molar-refractivity contribution in [2.75, 3.05) is 32.0 Å². The Bertz CT molecular complexity index is 962. The van der Waals surface area contributed by atoms with Crippen LogP contribution in [-0.2, 0) is 10.0 Å². The van der Waals surface area contributed by atoms with Gasteiger partial charge in [0.1, 0.15) is 28.8 Å². The third-order valence-corrected chi connectivity index (χ3v) is 5.31. The molecule has 0 aromatic heterocycles. The normalized spacial score (nSPS) is 14.3. The number of halogens is 1. The van der Waals surface area contributed by atoms with Gasteiger partial charge in [-0.3, -0.25) is 9.52 Å². The summed E-state index contributed by atoms with van der Waals surface area (Å²) in [5.74, 6) is -0.598. The third-order valence-electron chi connectivity index (χ3n) is 3.91. The molecule has 26 heavy (non-hydrogen) atoms. The van der Waals surface area contributed by atoms with Crippen molar-refractivity contribution in [1.29, 1.82) is 0 Å². The summed E-state index contributed by atoms with van der Waals surface area (Å²) < 4.78 is 51.6. The molecule has 0 unspecified atom stereocenters. The van der Waals surface area contributed by atoms with E-state index in [1.54, 1.807) is 7.05 Å². The Morgan fingerprint density at radius 2 is 2.00 bits per heavy atom. The van der Waals surface area contributed by atoms with Crippen LogP contribution in [0.2, 0.25) is 0 Å². The number of methoxy groups -OCH3 is 1. The first kappa shape index (κ1) is 18.0. The van der Waals surface area contributed by atoms with Gasteiger partial charge in [0.05, 0.1) is 19.2 Å². The Morgan fingerprint density at radius 1 is 1.23 bits per heavy atom. The fourth-order valence-electron chi connectivity index (χ4n) is 2.56. The maximum atomic E-state index is 13.5. The number of hydrogen-bond acceptors (Lipinski definition) is 5. The van der Waals surface area contributed by atoms with Crippen LogP contribution in [0.4, 0.5) is 10.1 Å². The van der Waals surface area contributed by atoms with Crippen molar-refractivity contribution in [2.24, 2.45) is 0 Å². The molecule has 0 saturated heterocycles. The van der Waals surface area contributed by atoms with E-state index in [0.717, 1.165) is 12.1 Å². The number of ether oxygens (including phenoxy) is 2. The smallest absolute Gasteiger partial charge is 0.265 e. The van der Waals surface area contributed by atoms with Crippen LogP contribution in [0.5, 0.6) is 11.5 Å². The van der Waals surface area contributed by atoms with Crippen molar-refractivity contribution in [3.63, 3.8) is 0 Å². The fraction of sp³-hybridized carbons (Fsp3) is 0.235. The quantitative estimate of drug-likeness (QED) is 0.878. The van der Waals surface area contributed by atoms with Gasteiger partial charge in [-0.1, -0.05) is 0 Å². The molecule has 1 aliphatic rings. The lowest BCUT2D eigenvalue weighted by Crippen LogP contribution is -2.27. The maximum Gasteiger partial charge on any atom is 0.265 e. The molecule has 0 fully saturated rings. The third kappa shape index (κ3) is 3.43. The van der Waals surface area contributed by atoms with E-state index < -0.39 is 15.8 Å². The second-order valence-electron chi connectivity index (χ2n) is 5.69. The highest BCUT2D eigenvalue weighted by atomic mass is 32.2. The van der Waals surface area contributed by atoms with Crippen LogP contribution in [0.1, 0.15) is 10.4 Å². The monoisotopic (exact) mass is 380 g/mol. The molecule has 0 spiro atoms. The summed E-state index contributed by atoms with van der Waals surface area (Å²) in [5, 5.41) is 0. The maximum absolute atomic E-state index is 13.5. The van der Waals surface area contributed by atoms with E-state index in [4.69, 9.17) is 9.47 Å².